The lowest BCUT2D eigenvalue weighted by Gasteiger charge is -2.20. The van der Waals surface area contributed by atoms with Gasteiger partial charge in [0.25, 0.3) is 11.8 Å². The Bertz CT molecular complexity index is 1370. The Kier molecular flexibility index (Phi) is 7.67. The number of halogens is 1. The summed E-state index contributed by atoms with van der Waals surface area (Å²) in [6.45, 7) is 4.23. The van der Waals surface area contributed by atoms with E-state index in [1.54, 1.807) is 35.2 Å². The van der Waals surface area contributed by atoms with Crippen molar-refractivity contribution in [2.75, 3.05) is 26.2 Å². The Hall–Kier alpha value is -3.43. The van der Waals surface area contributed by atoms with Crippen molar-refractivity contribution in [3.8, 4) is 0 Å². The van der Waals surface area contributed by atoms with Crippen LogP contribution in [0.1, 0.15) is 70.2 Å². The molecule has 0 radical (unpaired) electrons. The van der Waals surface area contributed by atoms with Crippen LogP contribution in [-0.2, 0) is 4.79 Å². The number of nitrogens with one attached hydrogen (secondary N) is 2. The molecule has 3 heterocycles. The fourth-order valence-electron chi connectivity index (χ4n) is 5.21. The number of H-pyrrole nitrogens is 1. The van der Waals surface area contributed by atoms with Crippen molar-refractivity contribution in [3.63, 3.8) is 0 Å². The van der Waals surface area contributed by atoms with E-state index in [2.05, 4.69) is 15.3 Å². The molecule has 2 saturated heterocycles. The monoisotopic (exact) mass is 537 g/mol. The van der Waals surface area contributed by atoms with E-state index in [-0.39, 0.29) is 24.1 Å². The summed E-state index contributed by atoms with van der Waals surface area (Å²) in [5.74, 6) is 0.139. The van der Waals surface area contributed by atoms with Crippen LogP contribution >= 0.6 is 11.6 Å². The lowest BCUT2D eigenvalue weighted by atomic mass is 10.0. The molecule has 0 aliphatic carbocycles. The summed E-state index contributed by atoms with van der Waals surface area (Å²) in [6, 6.07) is 9.87. The molecule has 3 N–H and O–H groups in total. The Morgan fingerprint density at radius 1 is 1.13 bits per heavy atom. The number of amides is 3. The fraction of sp³-hybridized carbons (Fsp3) is 0.429. The fourth-order valence-corrected chi connectivity index (χ4v) is 5.38. The molecule has 10 heteroatoms. The van der Waals surface area contributed by atoms with Crippen LogP contribution in [0.4, 0.5) is 0 Å². The first kappa shape index (κ1) is 26.2. The van der Waals surface area contributed by atoms with E-state index in [0.29, 0.717) is 53.4 Å². The topological polar surface area (TPSA) is 119 Å². The number of aliphatic hydroxyl groups is 1. The molecular formula is C28H32ClN5O4. The third-order valence-corrected chi connectivity index (χ3v) is 7.61. The highest BCUT2D eigenvalue weighted by molar-refractivity contribution is 6.31. The van der Waals surface area contributed by atoms with Gasteiger partial charge in [0.05, 0.1) is 23.2 Å². The van der Waals surface area contributed by atoms with Crippen LogP contribution in [0.15, 0.2) is 36.4 Å². The highest BCUT2D eigenvalue weighted by Gasteiger charge is 2.27. The number of carbonyl (C=O) groups is 3. The van der Waals surface area contributed by atoms with Crippen LogP contribution in [-0.4, -0.2) is 74.9 Å². The molecule has 2 aromatic carbocycles. The molecule has 200 valence electrons. The summed E-state index contributed by atoms with van der Waals surface area (Å²) < 4.78 is 0. The Balaban J connectivity index is 1.34. The number of aliphatic hydroxyl groups excluding tert-OH is 1. The molecule has 0 unspecified atom stereocenters. The summed E-state index contributed by atoms with van der Waals surface area (Å²) in [6.07, 6.45) is 2.64. The molecule has 9 nitrogen and oxygen atoms in total. The number of benzene rings is 2. The van der Waals surface area contributed by atoms with E-state index in [0.717, 1.165) is 37.0 Å². The molecule has 0 spiro atoms. The minimum Gasteiger partial charge on any atom is -0.391 e. The summed E-state index contributed by atoms with van der Waals surface area (Å²) >= 11 is 6.13. The van der Waals surface area contributed by atoms with Gasteiger partial charge in [-0.1, -0.05) is 11.6 Å². The molecule has 3 amide bonds. The van der Waals surface area contributed by atoms with Gasteiger partial charge in [-0.2, -0.15) is 0 Å². The number of β-amino-alcohol motifs (C(OH)–C–C–N with tert-alkyl or cyclic N) is 1. The predicted molar refractivity (Wildman–Crippen MR) is 144 cm³/mol. The van der Waals surface area contributed by atoms with Gasteiger partial charge in [-0.05, 0) is 74.6 Å². The highest BCUT2D eigenvalue weighted by Crippen LogP contribution is 2.24. The van der Waals surface area contributed by atoms with E-state index >= 15 is 0 Å². The van der Waals surface area contributed by atoms with Crippen molar-refractivity contribution in [2.24, 2.45) is 0 Å². The SMILES string of the molecule is Cc1cc(C(=O)N[C@@H](CCC(=O)N2CC[C@H](O)C2)c2nc3cc(Cl)ccc3[nH]2)ccc1C(=O)N1CCCC1. The summed E-state index contributed by atoms with van der Waals surface area (Å²) in [5, 5.41) is 13.4. The number of aromatic nitrogens is 2. The molecule has 0 bridgehead atoms. The quantitative estimate of drug-likeness (QED) is 0.425. The zero-order valence-electron chi connectivity index (χ0n) is 21.4. The molecule has 38 heavy (non-hydrogen) atoms. The van der Waals surface area contributed by atoms with Gasteiger partial charge in [-0.25, -0.2) is 4.98 Å². The molecule has 5 rings (SSSR count). The van der Waals surface area contributed by atoms with Crippen molar-refractivity contribution in [1.82, 2.24) is 25.1 Å². The van der Waals surface area contributed by atoms with Crippen molar-refractivity contribution in [1.29, 1.82) is 0 Å². The van der Waals surface area contributed by atoms with Crippen LogP contribution in [0.3, 0.4) is 0 Å². The number of carbonyl (C=O) groups excluding carboxylic acids is 3. The van der Waals surface area contributed by atoms with E-state index in [9.17, 15) is 19.5 Å². The number of aromatic amines is 1. The van der Waals surface area contributed by atoms with Gasteiger partial charge < -0.3 is 25.2 Å². The van der Waals surface area contributed by atoms with Crippen LogP contribution in [0.25, 0.3) is 11.0 Å². The van der Waals surface area contributed by atoms with E-state index in [4.69, 9.17) is 11.6 Å². The smallest absolute Gasteiger partial charge is 0.254 e. The average Bonchev–Trinajstić information content (AvgIpc) is 3.66. The lowest BCUT2D eigenvalue weighted by Crippen LogP contribution is -2.33. The van der Waals surface area contributed by atoms with E-state index < -0.39 is 12.1 Å². The Morgan fingerprint density at radius 3 is 2.63 bits per heavy atom. The maximum atomic E-state index is 13.3. The minimum atomic E-state index is -0.559. The first-order valence-electron chi connectivity index (χ1n) is 13.1. The molecule has 2 aliphatic rings. The van der Waals surface area contributed by atoms with Gasteiger partial charge in [0.1, 0.15) is 5.82 Å². The van der Waals surface area contributed by atoms with E-state index in [1.807, 2.05) is 17.9 Å². The van der Waals surface area contributed by atoms with Crippen LogP contribution in [0, 0.1) is 6.92 Å². The van der Waals surface area contributed by atoms with Gasteiger partial charge in [0.2, 0.25) is 5.91 Å². The number of hydrogen-bond donors (Lipinski definition) is 3. The van der Waals surface area contributed by atoms with Crippen molar-refractivity contribution in [2.45, 2.75) is 51.2 Å². The molecular weight excluding hydrogens is 506 g/mol. The van der Waals surface area contributed by atoms with Crippen LogP contribution in [0.2, 0.25) is 5.02 Å². The minimum absolute atomic E-state index is 0.00341. The number of likely N-dealkylation sites (tertiary alicyclic amines) is 2. The second kappa shape index (κ2) is 11.1. The summed E-state index contributed by atoms with van der Waals surface area (Å²) in [5.41, 5.74) is 3.22. The number of fused-ring (bicyclic) bond motifs is 1. The third-order valence-electron chi connectivity index (χ3n) is 7.37. The van der Waals surface area contributed by atoms with Crippen LogP contribution < -0.4 is 5.32 Å². The van der Waals surface area contributed by atoms with Crippen LogP contribution in [0.5, 0.6) is 0 Å². The molecule has 2 atom stereocenters. The molecule has 0 saturated carbocycles. The summed E-state index contributed by atoms with van der Waals surface area (Å²) in [4.78, 5) is 50.3. The Labute approximate surface area is 226 Å². The molecule has 1 aromatic heterocycles. The van der Waals surface area contributed by atoms with Crippen molar-refractivity contribution in [3.05, 3.63) is 63.9 Å². The lowest BCUT2D eigenvalue weighted by molar-refractivity contribution is -0.130. The van der Waals surface area contributed by atoms with Gasteiger partial charge in [0.15, 0.2) is 0 Å². The highest BCUT2D eigenvalue weighted by atomic mass is 35.5. The second-order valence-electron chi connectivity index (χ2n) is 10.2. The van der Waals surface area contributed by atoms with Gasteiger partial charge in [-0.3, -0.25) is 14.4 Å². The Morgan fingerprint density at radius 2 is 1.92 bits per heavy atom. The third kappa shape index (κ3) is 5.68. The summed E-state index contributed by atoms with van der Waals surface area (Å²) in [7, 11) is 0. The van der Waals surface area contributed by atoms with E-state index in [1.165, 1.54) is 0 Å². The van der Waals surface area contributed by atoms with Gasteiger partial charge >= 0.3 is 0 Å². The second-order valence-corrected chi connectivity index (χ2v) is 10.6. The molecule has 2 aliphatic heterocycles. The molecule has 3 aromatic rings. The number of hydrogen-bond acceptors (Lipinski definition) is 5. The first-order valence-corrected chi connectivity index (χ1v) is 13.5. The normalized spacial score (nSPS) is 18.2. The largest absolute Gasteiger partial charge is 0.391 e. The zero-order valence-corrected chi connectivity index (χ0v) is 22.1. The number of rotatable bonds is 7. The first-order chi connectivity index (χ1) is 18.3. The number of nitrogens with zero attached hydrogens (tertiary/aromatic N) is 3. The van der Waals surface area contributed by atoms with Gasteiger partial charge in [0, 0.05) is 48.7 Å². The maximum Gasteiger partial charge on any atom is 0.254 e. The maximum absolute atomic E-state index is 13.3. The standard InChI is InChI=1S/C28H32ClN5O4/c1-17-14-18(4-6-21(17)28(38)33-11-2-3-12-33)27(37)32-23(8-9-25(36)34-13-10-20(35)16-34)26-30-22-7-5-19(29)15-24(22)31-26/h4-7,14-15,20,23,35H,2-3,8-13,16H2,1H3,(H,30,31)(H,32,37)/t20-,23-/m0/s1. The van der Waals surface area contributed by atoms with Gasteiger partial charge in [-0.15, -0.1) is 0 Å². The number of imidazole rings is 1. The average molecular weight is 538 g/mol. The predicted octanol–water partition coefficient (Wildman–Crippen LogP) is 3.61. The van der Waals surface area contributed by atoms with Crippen molar-refractivity contribution < 1.29 is 19.5 Å². The van der Waals surface area contributed by atoms with Crippen molar-refractivity contribution >= 4 is 40.4 Å². The number of aryl methyl sites for hydroxylation is 1. The molecule has 2 fully saturated rings. The zero-order chi connectivity index (χ0) is 26.8.